The molecule has 2 N–H and O–H groups in total. The highest BCUT2D eigenvalue weighted by Gasteiger charge is 2.21. The SMILES string of the molecule is CC[C@H](C)Nc1nc(Cl)nc(NC(C)(C)c2ccccc2)n1. The lowest BCUT2D eigenvalue weighted by Crippen LogP contribution is -2.29. The maximum atomic E-state index is 6.01. The Balaban J connectivity index is 2.22. The van der Waals surface area contributed by atoms with Gasteiger partial charge in [-0.05, 0) is 44.4 Å². The number of rotatable bonds is 6. The van der Waals surface area contributed by atoms with E-state index < -0.39 is 0 Å². The zero-order chi connectivity index (χ0) is 16.2. The Hall–Kier alpha value is -1.88. The Morgan fingerprint density at radius 3 is 2.36 bits per heavy atom. The quantitative estimate of drug-likeness (QED) is 0.840. The van der Waals surface area contributed by atoms with E-state index in [1.54, 1.807) is 0 Å². The summed E-state index contributed by atoms with van der Waals surface area (Å²) < 4.78 is 0. The molecule has 0 aliphatic carbocycles. The van der Waals surface area contributed by atoms with Crippen LogP contribution in [0.25, 0.3) is 0 Å². The van der Waals surface area contributed by atoms with Crippen LogP contribution >= 0.6 is 11.6 Å². The number of anilines is 2. The van der Waals surface area contributed by atoms with Crippen molar-refractivity contribution in [2.45, 2.75) is 45.7 Å². The molecule has 2 aromatic rings. The number of hydrogen-bond acceptors (Lipinski definition) is 5. The largest absolute Gasteiger partial charge is 0.352 e. The van der Waals surface area contributed by atoms with Crippen LogP contribution in [-0.2, 0) is 5.54 Å². The van der Waals surface area contributed by atoms with Crippen molar-refractivity contribution < 1.29 is 0 Å². The molecule has 0 unspecified atom stereocenters. The van der Waals surface area contributed by atoms with Crippen LogP contribution in [0, 0.1) is 0 Å². The molecular weight excluding hydrogens is 298 g/mol. The number of nitrogens with one attached hydrogen (secondary N) is 2. The van der Waals surface area contributed by atoms with Gasteiger partial charge in [-0.25, -0.2) is 0 Å². The van der Waals surface area contributed by atoms with E-state index >= 15 is 0 Å². The van der Waals surface area contributed by atoms with Gasteiger partial charge in [0.25, 0.3) is 0 Å². The molecule has 1 aromatic heterocycles. The first-order valence-electron chi connectivity index (χ1n) is 7.42. The lowest BCUT2D eigenvalue weighted by Gasteiger charge is -2.27. The Morgan fingerprint density at radius 1 is 1.09 bits per heavy atom. The van der Waals surface area contributed by atoms with Crippen molar-refractivity contribution >= 4 is 23.5 Å². The van der Waals surface area contributed by atoms with Gasteiger partial charge in [-0.1, -0.05) is 37.3 Å². The monoisotopic (exact) mass is 319 g/mol. The van der Waals surface area contributed by atoms with Crippen molar-refractivity contribution in [2.75, 3.05) is 10.6 Å². The maximum absolute atomic E-state index is 6.01. The predicted octanol–water partition coefficient (Wildman–Crippen LogP) is 4.08. The fourth-order valence-corrected chi connectivity index (χ4v) is 2.16. The van der Waals surface area contributed by atoms with Gasteiger partial charge < -0.3 is 10.6 Å². The average molecular weight is 320 g/mol. The van der Waals surface area contributed by atoms with Gasteiger partial charge in [0.05, 0.1) is 5.54 Å². The van der Waals surface area contributed by atoms with E-state index in [4.69, 9.17) is 11.6 Å². The zero-order valence-electron chi connectivity index (χ0n) is 13.4. The van der Waals surface area contributed by atoms with Crippen molar-refractivity contribution in [3.8, 4) is 0 Å². The van der Waals surface area contributed by atoms with Crippen LogP contribution in [0.15, 0.2) is 30.3 Å². The molecule has 1 aromatic carbocycles. The van der Waals surface area contributed by atoms with E-state index in [0.29, 0.717) is 11.9 Å². The molecular formula is C16H22ClN5. The van der Waals surface area contributed by atoms with E-state index in [0.717, 1.165) is 12.0 Å². The summed E-state index contributed by atoms with van der Waals surface area (Å²) in [6.45, 7) is 8.31. The Bertz CT molecular complexity index is 615. The molecule has 0 bridgehead atoms. The highest BCUT2D eigenvalue weighted by Crippen LogP contribution is 2.24. The molecule has 22 heavy (non-hydrogen) atoms. The van der Waals surface area contributed by atoms with Crippen LogP contribution in [0.5, 0.6) is 0 Å². The summed E-state index contributed by atoms with van der Waals surface area (Å²) in [7, 11) is 0. The number of benzene rings is 1. The van der Waals surface area contributed by atoms with Crippen LogP contribution in [0.3, 0.4) is 0 Å². The third kappa shape index (κ3) is 4.31. The average Bonchev–Trinajstić information content (AvgIpc) is 2.47. The molecule has 0 aliphatic rings. The third-order valence-electron chi connectivity index (χ3n) is 3.52. The molecule has 0 aliphatic heterocycles. The summed E-state index contributed by atoms with van der Waals surface area (Å²) >= 11 is 6.01. The molecule has 0 fully saturated rings. The lowest BCUT2D eigenvalue weighted by molar-refractivity contribution is 0.601. The van der Waals surface area contributed by atoms with Crippen molar-refractivity contribution in [2.24, 2.45) is 0 Å². The molecule has 5 nitrogen and oxygen atoms in total. The molecule has 1 atom stereocenters. The molecule has 6 heteroatoms. The van der Waals surface area contributed by atoms with E-state index in [2.05, 4.69) is 65.4 Å². The summed E-state index contributed by atoms with van der Waals surface area (Å²) in [6.07, 6.45) is 0.974. The molecule has 0 amide bonds. The summed E-state index contributed by atoms with van der Waals surface area (Å²) in [4.78, 5) is 12.7. The van der Waals surface area contributed by atoms with Crippen LogP contribution in [0.4, 0.5) is 11.9 Å². The number of nitrogens with zero attached hydrogens (tertiary/aromatic N) is 3. The minimum absolute atomic E-state index is 0.173. The smallest absolute Gasteiger partial charge is 0.229 e. The van der Waals surface area contributed by atoms with Gasteiger partial charge in [0.2, 0.25) is 17.2 Å². The van der Waals surface area contributed by atoms with E-state index in [1.807, 2.05) is 18.2 Å². The van der Waals surface area contributed by atoms with E-state index in [9.17, 15) is 0 Å². The van der Waals surface area contributed by atoms with Gasteiger partial charge in [-0.3, -0.25) is 0 Å². The number of aromatic nitrogens is 3. The Kier molecular flexibility index (Phi) is 5.19. The van der Waals surface area contributed by atoms with Crippen molar-refractivity contribution in [3.63, 3.8) is 0 Å². The van der Waals surface area contributed by atoms with Crippen LogP contribution in [0.2, 0.25) is 5.28 Å². The first-order chi connectivity index (χ1) is 10.4. The van der Waals surface area contributed by atoms with Gasteiger partial charge in [0.1, 0.15) is 0 Å². The van der Waals surface area contributed by atoms with Crippen molar-refractivity contribution in [1.82, 2.24) is 15.0 Å². The highest BCUT2D eigenvalue weighted by atomic mass is 35.5. The minimum Gasteiger partial charge on any atom is -0.352 e. The van der Waals surface area contributed by atoms with Gasteiger partial charge >= 0.3 is 0 Å². The summed E-state index contributed by atoms with van der Waals surface area (Å²) in [5.41, 5.74) is 0.822. The van der Waals surface area contributed by atoms with Crippen molar-refractivity contribution in [3.05, 3.63) is 41.2 Å². The standard InChI is InChI=1S/C16H22ClN5/c1-5-11(2)18-14-19-13(17)20-15(21-14)22-16(3,4)12-9-7-6-8-10-12/h6-11H,5H2,1-4H3,(H2,18,19,20,21,22)/t11-/m0/s1. The predicted molar refractivity (Wildman–Crippen MR) is 91.3 cm³/mol. The van der Waals surface area contributed by atoms with Gasteiger partial charge in [-0.15, -0.1) is 0 Å². The molecule has 0 saturated heterocycles. The lowest BCUT2D eigenvalue weighted by atomic mass is 9.95. The summed E-state index contributed by atoms with van der Waals surface area (Å²) in [5.74, 6) is 0.945. The highest BCUT2D eigenvalue weighted by molar-refractivity contribution is 6.28. The third-order valence-corrected chi connectivity index (χ3v) is 3.68. The van der Waals surface area contributed by atoms with Gasteiger partial charge in [0.15, 0.2) is 0 Å². The first-order valence-corrected chi connectivity index (χ1v) is 7.80. The Morgan fingerprint density at radius 2 is 1.73 bits per heavy atom. The van der Waals surface area contributed by atoms with Crippen molar-refractivity contribution in [1.29, 1.82) is 0 Å². The normalized spacial score (nSPS) is 12.8. The van der Waals surface area contributed by atoms with Crippen LogP contribution < -0.4 is 10.6 Å². The molecule has 0 spiro atoms. The topological polar surface area (TPSA) is 62.7 Å². The van der Waals surface area contributed by atoms with E-state index in [-0.39, 0.29) is 16.9 Å². The minimum atomic E-state index is -0.320. The second-order valence-corrected chi connectivity index (χ2v) is 6.16. The second-order valence-electron chi connectivity index (χ2n) is 5.82. The Labute approximate surface area is 136 Å². The first kappa shape index (κ1) is 16.5. The molecule has 1 heterocycles. The number of hydrogen-bond donors (Lipinski definition) is 2. The molecule has 118 valence electrons. The zero-order valence-corrected chi connectivity index (χ0v) is 14.1. The van der Waals surface area contributed by atoms with Gasteiger partial charge in [-0.2, -0.15) is 15.0 Å². The van der Waals surface area contributed by atoms with E-state index in [1.165, 1.54) is 0 Å². The fraction of sp³-hybridized carbons (Fsp3) is 0.438. The molecule has 0 saturated carbocycles. The fourth-order valence-electron chi connectivity index (χ4n) is 2.00. The molecule has 2 rings (SSSR count). The molecule has 0 radical (unpaired) electrons. The second kappa shape index (κ2) is 6.92. The number of halogens is 1. The summed E-state index contributed by atoms with van der Waals surface area (Å²) in [5, 5.41) is 6.71. The maximum Gasteiger partial charge on any atom is 0.229 e. The summed E-state index contributed by atoms with van der Waals surface area (Å²) in [6, 6.07) is 10.4. The van der Waals surface area contributed by atoms with Gasteiger partial charge in [0, 0.05) is 6.04 Å². The van der Waals surface area contributed by atoms with Crippen LogP contribution in [0.1, 0.15) is 39.7 Å². The van der Waals surface area contributed by atoms with Crippen LogP contribution in [-0.4, -0.2) is 21.0 Å².